The molecule has 0 atom stereocenters. The van der Waals surface area contributed by atoms with Crippen molar-refractivity contribution in [2.75, 3.05) is 23.1 Å². The molecule has 3 rings (SSSR count). The number of aryl methyl sites for hydroxylation is 1. The zero-order valence-corrected chi connectivity index (χ0v) is 24.8. The van der Waals surface area contributed by atoms with Crippen LogP contribution in [-0.2, 0) is 24.2 Å². The summed E-state index contributed by atoms with van der Waals surface area (Å²) in [6.45, 7) is 1.87. The van der Waals surface area contributed by atoms with E-state index in [-0.39, 0.29) is 33.0 Å². The highest BCUT2D eigenvalue weighted by Crippen LogP contribution is 2.38. The lowest BCUT2D eigenvalue weighted by molar-refractivity contribution is -0.156. The molecule has 0 saturated heterocycles. The molecule has 0 radical (unpaired) electrons. The molecular weight excluding hydrogens is 622 g/mol. The second kappa shape index (κ2) is 14.5. The van der Waals surface area contributed by atoms with E-state index in [1.54, 1.807) is 36.6 Å². The maximum atomic E-state index is 13.4. The number of sulfone groups is 1. The number of anilines is 1. The van der Waals surface area contributed by atoms with Crippen molar-refractivity contribution in [2.24, 2.45) is 11.5 Å². The molecule has 9 nitrogen and oxygen atoms in total. The highest BCUT2D eigenvalue weighted by molar-refractivity contribution is 8.01. The van der Waals surface area contributed by atoms with E-state index in [4.69, 9.17) is 21.7 Å². The van der Waals surface area contributed by atoms with Crippen molar-refractivity contribution in [1.82, 2.24) is 0 Å². The molecule has 6 N–H and O–H groups in total. The normalized spacial score (nSPS) is 11.2. The zero-order chi connectivity index (χ0) is 31.0. The van der Waals surface area contributed by atoms with E-state index < -0.39 is 28.2 Å². The van der Waals surface area contributed by atoms with Crippen molar-refractivity contribution in [3.63, 3.8) is 0 Å². The molecule has 0 aliphatic heterocycles. The summed E-state index contributed by atoms with van der Waals surface area (Å²) in [5, 5.41) is 10.4. The smallest absolute Gasteiger partial charge is 0.383 e. The lowest BCUT2D eigenvalue weighted by atomic mass is 10.00. The molecule has 220 valence electrons. The number of amidine groups is 1. The molecule has 0 bridgehead atoms. The number of nitrogens with two attached hydrogens (primary N) is 2. The van der Waals surface area contributed by atoms with Crippen LogP contribution in [0.15, 0.2) is 62.5 Å². The number of amides is 2. The average Bonchev–Trinajstić information content (AvgIpc) is 3.35. The maximum absolute atomic E-state index is 13.4. The maximum Gasteiger partial charge on any atom is 0.446 e. The summed E-state index contributed by atoms with van der Waals surface area (Å²) in [5.41, 5.74) is 13.6. The minimum atomic E-state index is -4.64. The second-order valence-corrected chi connectivity index (χ2v) is 13.1. The van der Waals surface area contributed by atoms with E-state index in [2.05, 4.69) is 5.32 Å². The van der Waals surface area contributed by atoms with Crippen LogP contribution in [0.2, 0.25) is 0 Å². The fourth-order valence-corrected chi connectivity index (χ4v) is 7.75. The summed E-state index contributed by atoms with van der Waals surface area (Å²) >= 11 is 3.62. The Morgan fingerprint density at radius 3 is 2.29 bits per heavy atom. The topological polar surface area (TPSA) is 173 Å². The fourth-order valence-electron chi connectivity index (χ4n) is 3.28. The van der Waals surface area contributed by atoms with Gasteiger partial charge < -0.3 is 16.8 Å². The van der Waals surface area contributed by atoms with Crippen molar-refractivity contribution in [3.05, 3.63) is 59.0 Å². The number of thiophene rings is 1. The number of hydrogen-bond donors (Lipinski definition) is 4. The Hall–Kier alpha value is -3.34. The number of thioether (sulfide) groups is 2. The molecule has 41 heavy (non-hydrogen) atoms. The highest BCUT2D eigenvalue weighted by atomic mass is 32.2. The number of rotatable bonds is 10. The lowest BCUT2D eigenvalue weighted by Gasteiger charge is -2.12. The van der Waals surface area contributed by atoms with Gasteiger partial charge in [-0.15, -0.1) is 34.9 Å². The van der Waals surface area contributed by atoms with Gasteiger partial charge >= 0.3 is 6.18 Å². The summed E-state index contributed by atoms with van der Waals surface area (Å²) in [4.78, 5) is 32.3. The second-order valence-electron chi connectivity index (χ2n) is 8.11. The summed E-state index contributed by atoms with van der Waals surface area (Å²) in [5.74, 6) is -0.716. The van der Waals surface area contributed by atoms with E-state index in [0.717, 1.165) is 22.9 Å². The van der Waals surface area contributed by atoms with Crippen LogP contribution in [0.4, 0.5) is 18.9 Å². The van der Waals surface area contributed by atoms with Gasteiger partial charge in [0.05, 0.1) is 30.4 Å². The Kier molecular flexibility index (Phi) is 12.0. The third-order valence-electron chi connectivity index (χ3n) is 4.98. The van der Waals surface area contributed by atoms with Gasteiger partial charge in [-0.05, 0) is 60.2 Å². The molecule has 0 spiro atoms. The van der Waals surface area contributed by atoms with Crippen molar-refractivity contribution >= 4 is 74.3 Å². The molecule has 2 aromatic carbocycles. The van der Waals surface area contributed by atoms with Crippen molar-refractivity contribution in [2.45, 2.75) is 27.1 Å². The van der Waals surface area contributed by atoms with Crippen LogP contribution in [0, 0.1) is 12.3 Å². The van der Waals surface area contributed by atoms with Crippen LogP contribution in [0.1, 0.15) is 10.4 Å². The summed E-state index contributed by atoms with van der Waals surface area (Å²) in [6, 6.07) is 13.5. The number of carbonyl (C=O) groups is 3. The van der Waals surface area contributed by atoms with E-state index in [0.29, 0.717) is 20.3 Å². The van der Waals surface area contributed by atoms with Gasteiger partial charge in [0, 0.05) is 5.69 Å². The van der Waals surface area contributed by atoms with Gasteiger partial charge in [0.2, 0.25) is 27.9 Å². The Balaban J connectivity index is 0.000000883. The number of primary amides is 1. The van der Waals surface area contributed by atoms with Gasteiger partial charge in [-0.3, -0.25) is 19.8 Å². The molecule has 0 fully saturated rings. The molecule has 1 heterocycles. The fraction of sp³-hybridized carbons (Fsp3) is 0.200. The van der Waals surface area contributed by atoms with Gasteiger partial charge in [0.1, 0.15) is 5.84 Å². The molecule has 1 aromatic heterocycles. The highest BCUT2D eigenvalue weighted by Gasteiger charge is 2.26. The summed E-state index contributed by atoms with van der Waals surface area (Å²) in [6.07, 6.45) is -3.92. The molecular formula is C25H25F3N4O5S4. The van der Waals surface area contributed by atoms with E-state index in [9.17, 15) is 31.2 Å². The molecule has 0 aliphatic carbocycles. The van der Waals surface area contributed by atoms with Gasteiger partial charge in [-0.2, -0.15) is 13.2 Å². The van der Waals surface area contributed by atoms with Gasteiger partial charge in [0.25, 0.3) is 0 Å². The Labute approximate surface area is 246 Å². The molecule has 0 aliphatic rings. The van der Waals surface area contributed by atoms with Crippen molar-refractivity contribution in [1.29, 1.82) is 5.41 Å². The number of alkyl halides is 3. The molecule has 0 saturated carbocycles. The number of carbonyl (C=O) groups excluding carboxylic acids is 3. The minimum Gasteiger partial charge on any atom is -0.383 e. The van der Waals surface area contributed by atoms with Crippen LogP contribution in [0.5, 0.6) is 0 Å². The Bertz CT molecular complexity index is 1560. The predicted molar refractivity (Wildman–Crippen MR) is 156 cm³/mol. The number of benzene rings is 2. The molecule has 3 aromatic rings. The minimum absolute atomic E-state index is 0.0739. The standard InChI is InChI=1S/C23H24N4O4S4.C2HF3O/c1-13-8-15(27-21(29)12-33-11-20(24)28)6-7-17(13)14-4-3-5-16(9-14)35(30,31)19-10-18(22(25)26)34-23(19)32-2;3-2(4,5)1-6/h3-10H,11-12H2,1-2H3,(H2,24,28)(H3,25,26)(H,27,29);1H. The molecule has 0 unspecified atom stereocenters. The van der Waals surface area contributed by atoms with Crippen LogP contribution in [0.25, 0.3) is 11.1 Å². The van der Waals surface area contributed by atoms with Gasteiger partial charge in [-0.25, -0.2) is 8.42 Å². The van der Waals surface area contributed by atoms with Gasteiger partial charge in [0.15, 0.2) is 0 Å². The zero-order valence-electron chi connectivity index (χ0n) is 21.6. The van der Waals surface area contributed by atoms with Gasteiger partial charge in [-0.1, -0.05) is 18.2 Å². The number of aldehydes is 1. The van der Waals surface area contributed by atoms with Crippen LogP contribution < -0.4 is 16.8 Å². The summed E-state index contributed by atoms with van der Waals surface area (Å²) < 4.78 is 58.7. The monoisotopic (exact) mass is 646 g/mol. The van der Waals surface area contributed by atoms with E-state index >= 15 is 0 Å². The van der Waals surface area contributed by atoms with Crippen molar-refractivity contribution in [3.8, 4) is 11.1 Å². The number of halogens is 3. The third-order valence-corrected chi connectivity index (χ3v) is 10.3. The quantitative estimate of drug-likeness (QED) is 0.108. The number of nitrogen functional groups attached to an aromatic ring is 1. The lowest BCUT2D eigenvalue weighted by Crippen LogP contribution is -2.18. The predicted octanol–water partition coefficient (Wildman–Crippen LogP) is 4.47. The van der Waals surface area contributed by atoms with Crippen LogP contribution in [0.3, 0.4) is 0 Å². The Morgan fingerprint density at radius 2 is 1.76 bits per heavy atom. The third kappa shape index (κ3) is 9.91. The molecule has 2 amide bonds. The Morgan fingerprint density at radius 1 is 1.10 bits per heavy atom. The van der Waals surface area contributed by atoms with Crippen LogP contribution in [-0.4, -0.2) is 56.3 Å². The van der Waals surface area contributed by atoms with Crippen molar-refractivity contribution < 1.29 is 36.0 Å². The SMILES string of the molecule is CSc1sc(C(=N)N)cc1S(=O)(=O)c1cccc(-c2ccc(NC(=O)CSCC(N)=O)cc2C)c1.O=CC(F)(F)F. The first-order valence-corrected chi connectivity index (χ1v) is 15.9. The number of hydrogen-bond acceptors (Lipinski definition) is 9. The first-order chi connectivity index (χ1) is 19.1. The van der Waals surface area contributed by atoms with Crippen LogP contribution >= 0.6 is 34.9 Å². The largest absolute Gasteiger partial charge is 0.446 e. The number of nitrogens with one attached hydrogen (secondary N) is 2. The average molecular weight is 647 g/mol. The summed E-state index contributed by atoms with van der Waals surface area (Å²) in [7, 11) is -3.83. The first kappa shape index (κ1) is 33.9. The van der Waals surface area contributed by atoms with E-state index in [1.165, 1.54) is 29.2 Å². The molecule has 16 heteroatoms. The first-order valence-electron chi connectivity index (χ1n) is 11.3. The van der Waals surface area contributed by atoms with E-state index in [1.807, 2.05) is 19.1 Å².